The molecule has 0 radical (unpaired) electrons. The smallest absolute Gasteiger partial charge is 0.0638 e. The van der Waals surface area contributed by atoms with E-state index in [0.29, 0.717) is 6.04 Å². The molecule has 2 saturated heterocycles. The van der Waals surface area contributed by atoms with Crippen molar-refractivity contribution in [1.82, 2.24) is 9.80 Å². The highest BCUT2D eigenvalue weighted by Crippen LogP contribution is 2.13. The SMILES string of the molecule is CN1CCN([C@H]2COC[C@@H]2N)CC1. The number of hydrogen-bond donors (Lipinski definition) is 1. The zero-order valence-electron chi connectivity index (χ0n) is 8.28. The van der Waals surface area contributed by atoms with Crippen molar-refractivity contribution in [1.29, 1.82) is 0 Å². The van der Waals surface area contributed by atoms with Gasteiger partial charge in [0.15, 0.2) is 0 Å². The van der Waals surface area contributed by atoms with E-state index < -0.39 is 0 Å². The van der Waals surface area contributed by atoms with Crippen LogP contribution in [0.1, 0.15) is 0 Å². The first-order chi connectivity index (χ1) is 6.27. The lowest BCUT2D eigenvalue weighted by Crippen LogP contribution is -2.54. The van der Waals surface area contributed by atoms with Gasteiger partial charge in [0.25, 0.3) is 0 Å². The second kappa shape index (κ2) is 3.92. The van der Waals surface area contributed by atoms with Gasteiger partial charge in [-0.05, 0) is 7.05 Å². The van der Waals surface area contributed by atoms with Gasteiger partial charge in [0.2, 0.25) is 0 Å². The van der Waals surface area contributed by atoms with Gasteiger partial charge in [0, 0.05) is 32.2 Å². The molecule has 0 aliphatic carbocycles. The summed E-state index contributed by atoms with van der Waals surface area (Å²) in [6, 6.07) is 0.692. The Morgan fingerprint density at radius 2 is 1.85 bits per heavy atom. The van der Waals surface area contributed by atoms with Gasteiger partial charge in [-0.25, -0.2) is 0 Å². The van der Waals surface area contributed by atoms with Crippen molar-refractivity contribution in [3.63, 3.8) is 0 Å². The highest BCUT2D eigenvalue weighted by Gasteiger charge is 2.31. The van der Waals surface area contributed by atoms with Crippen molar-refractivity contribution in [2.45, 2.75) is 12.1 Å². The molecule has 76 valence electrons. The Kier molecular flexibility index (Phi) is 2.83. The summed E-state index contributed by atoms with van der Waals surface area (Å²) in [7, 11) is 2.17. The third kappa shape index (κ3) is 2.02. The maximum atomic E-state index is 5.96. The average molecular weight is 185 g/mol. The van der Waals surface area contributed by atoms with E-state index in [-0.39, 0.29) is 6.04 Å². The quantitative estimate of drug-likeness (QED) is 0.566. The first kappa shape index (κ1) is 9.40. The van der Waals surface area contributed by atoms with Gasteiger partial charge in [0.05, 0.1) is 19.3 Å². The van der Waals surface area contributed by atoms with Gasteiger partial charge in [0.1, 0.15) is 0 Å². The minimum atomic E-state index is 0.225. The standard InChI is InChI=1S/C9H19N3O/c1-11-2-4-12(5-3-11)9-7-13-6-8(9)10/h8-9H,2-7,10H2,1H3/t8-,9-/m0/s1. The van der Waals surface area contributed by atoms with E-state index in [0.717, 1.165) is 39.4 Å². The van der Waals surface area contributed by atoms with Crippen LogP contribution < -0.4 is 5.73 Å². The molecule has 0 unspecified atom stereocenters. The normalized spacial score (nSPS) is 38.3. The largest absolute Gasteiger partial charge is 0.378 e. The molecule has 0 aromatic heterocycles. The van der Waals surface area contributed by atoms with Crippen LogP contribution in [0.5, 0.6) is 0 Å². The summed E-state index contributed by atoms with van der Waals surface area (Å²) in [5.41, 5.74) is 5.96. The predicted molar refractivity (Wildman–Crippen MR) is 51.7 cm³/mol. The van der Waals surface area contributed by atoms with E-state index in [1.165, 1.54) is 0 Å². The van der Waals surface area contributed by atoms with Crippen molar-refractivity contribution in [3.8, 4) is 0 Å². The van der Waals surface area contributed by atoms with Crippen LogP contribution in [0.2, 0.25) is 0 Å². The monoisotopic (exact) mass is 185 g/mol. The minimum absolute atomic E-state index is 0.225. The molecule has 0 spiro atoms. The minimum Gasteiger partial charge on any atom is -0.378 e. The molecule has 2 rings (SSSR count). The molecule has 2 atom stereocenters. The number of nitrogens with two attached hydrogens (primary N) is 1. The van der Waals surface area contributed by atoms with E-state index in [1.54, 1.807) is 0 Å². The Hall–Kier alpha value is -0.160. The maximum Gasteiger partial charge on any atom is 0.0638 e. The first-order valence-electron chi connectivity index (χ1n) is 5.03. The summed E-state index contributed by atoms with van der Waals surface area (Å²) in [5, 5.41) is 0. The molecule has 2 heterocycles. The molecule has 4 nitrogen and oxygen atoms in total. The zero-order valence-corrected chi connectivity index (χ0v) is 8.28. The second-order valence-electron chi connectivity index (χ2n) is 4.11. The number of rotatable bonds is 1. The zero-order chi connectivity index (χ0) is 9.26. The number of ether oxygens (including phenoxy) is 1. The fourth-order valence-electron chi connectivity index (χ4n) is 2.09. The lowest BCUT2D eigenvalue weighted by Gasteiger charge is -2.37. The third-order valence-corrected chi connectivity index (χ3v) is 3.10. The van der Waals surface area contributed by atoms with Crippen molar-refractivity contribution >= 4 is 0 Å². The molecule has 0 aromatic carbocycles. The summed E-state index contributed by atoms with van der Waals surface area (Å²) < 4.78 is 5.37. The maximum absolute atomic E-state index is 5.96. The van der Waals surface area contributed by atoms with Crippen LogP contribution in [0.3, 0.4) is 0 Å². The molecule has 2 N–H and O–H groups in total. The van der Waals surface area contributed by atoms with Gasteiger partial charge in [-0.2, -0.15) is 0 Å². The summed E-state index contributed by atoms with van der Waals surface area (Å²) in [5.74, 6) is 0. The molecule has 2 aliphatic rings. The van der Waals surface area contributed by atoms with Gasteiger partial charge in [-0.15, -0.1) is 0 Å². The van der Waals surface area contributed by atoms with Gasteiger partial charge < -0.3 is 15.4 Å². The van der Waals surface area contributed by atoms with E-state index in [2.05, 4.69) is 16.8 Å². The molecular weight excluding hydrogens is 166 g/mol. The summed E-state index contributed by atoms with van der Waals surface area (Å²) in [6.07, 6.45) is 0. The van der Waals surface area contributed by atoms with Crippen LogP contribution in [0.15, 0.2) is 0 Å². The highest BCUT2D eigenvalue weighted by atomic mass is 16.5. The molecule has 2 fully saturated rings. The molecule has 0 amide bonds. The van der Waals surface area contributed by atoms with Crippen molar-refractivity contribution in [3.05, 3.63) is 0 Å². The van der Waals surface area contributed by atoms with Crippen molar-refractivity contribution < 1.29 is 4.74 Å². The molecule has 13 heavy (non-hydrogen) atoms. The Labute approximate surface area is 79.6 Å². The van der Waals surface area contributed by atoms with Crippen LogP contribution in [0, 0.1) is 0 Å². The van der Waals surface area contributed by atoms with E-state index in [4.69, 9.17) is 10.5 Å². The Morgan fingerprint density at radius 3 is 2.38 bits per heavy atom. The number of likely N-dealkylation sites (N-methyl/N-ethyl adjacent to an activating group) is 1. The van der Waals surface area contributed by atoms with Gasteiger partial charge in [-0.1, -0.05) is 0 Å². The number of nitrogens with zero attached hydrogens (tertiary/aromatic N) is 2. The fraction of sp³-hybridized carbons (Fsp3) is 1.00. The third-order valence-electron chi connectivity index (χ3n) is 3.10. The average Bonchev–Trinajstić information content (AvgIpc) is 2.53. The molecule has 0 aromatic rings. The van der Waals surface area contributed by atoms with Crippen LogP contribution >= 0.6 is 0 Å². The van der Waals surface area contributed by atoms with E-state index >= 15 is 0 Å². The van der Waals surface area contributed by atoms with Gasteiger partial charge in [-0.3, -0.25) is 4.90 Å². The molecule has 0 bridgehead atoms. The van der Waals surface area contributed by atoms with Crippen molar-refractivity contribution in [2.75, 3.05) is 46.4 Å². The lowest BCUT2D eigenvalue weighted by atomic mass is 10.1. The topological polar surface area (TPSA) is 41.7 Å². The number of piperazine rings is 1. The molecule has 0 saturated carbocycles. The lowest BCUT2D eigenvalue weighted by molar-refractivity contribution is 0.0939. The molecule has 2 aliphatic heterocycles. The van der Waals surface area contributed by atoms with Crippen LogP contribution in [-0.2, 0) is 4.74 Å². The Balaban J connectivity index is 1.86. The van der Waals surface area contributed by atoms with E-state index in [1.807, 2.05) is 0 Å². The fourth-order valence-corrected chi connectivity index (χ4v) is 2.09. The Morgan fingerprint density at radius 1 is 1.15 bits per heavy atom. The summed E-state index contributed by atoms with van der Waals surface area (Å²) >= 11 is 0. The second-order valence-corrected chi connectivity index (χ2v) is 4.11. The first-order valence-corrected chi connectivity index (χ1v) is 5.03. The predicted octanol–water partition coefficient (Wildman–Crippen LogP) is -1.04. The van der Waals surface area contributed by atoms with Crippen molar-refractivity contribution in [2.24, 2.45) is 5.73 Å². The van der Waals surface area contributed by atoms with Crippen LogP contribution in [0.4, 0.5) is 0 Å². The summed E-state index contributed by atoms with van der Waals surface area (Å²) in [6.45, 7) is 6.14. The number of hydrogen-bond acceptors (Lipinski definition) is 4. The highest BCUT2D eigenvalue weighted by molar-refractivity contribution is 4.88. The van der Waals surface area contributed by atoms with E-state index in [9.17, 15) is 0 Å². The van der Waals surface area contributed by atoms with Crippen LogP contribution in [0.25, 0.3) is 0 Å². The van der Waals surface area contributed by atoms with Crippen LogP contribution in [-0.4, -0.2) is 68.3 Å². The summed E-state index contributed by atoms with van der Waals surface area (Å²) in [4.78, 5) is 4.83. The van der Waals surface area contributed by atoms with Gasteiger partial charge >= 0.3 is 0 Å². The Bertz CT molecular complexity index is 168. The molecular formula is C9H19N3O. The molecule has 4 heteroatoms.